The van der Waals surface area contributed by atoms with Crippen molar-refractivity contribution in [2.45, 2.75) is 26.2 Å². The zero-order valence-electron chi connectivity index (χ0n) is 11.4. The molecule has 1 aromatic carbocycles. The Balaban J connectivity index is 2.59. The van der Waals surface area contributed by atoms with Gasteiger partial charge in [0.1, 0.15) is 0 Å². The molecular formula is C14H19BrN2O3. The van der Waals surface area contributed by atoms with Gasteiger partial charge in [-0.3, -0.25) is 4.79 Å². The Hall–Kier alpha value is -1.40. The van der Waals surface area contributed by atoms with Gasteiger partial charge in [0.05, 0.1) is 5.56 Å². The molecule has 1 aromatic rings. The van der Waals surface area contributed by atoms with Crippen molar-refractivity contribution in [3.8, 4) is 0 Å². The van der Waals surface area contributed by atoms with Crippen molar-refractivity contribution in [3.05, 3.63) is 28.2 Å². The third-order valence-electron chi connectivity index (χ3n) is 2.95. The molecule has 0 radical (unpaired) electrons. The molecule has 1 rings (SSSR count). The lowest BCUT2D eigenvalue weighted by Crippen LogP contribution is -2.14. The van der Waals surface area contributed by atoms with Crippen LogP contribution >= 0.6 is 15.9 Å². The number of aromatic carboxylic acids is 1. The molecule has 6 heteroatoms. The van der Waals surface area contributed by atoms with Crippen LogP contribution in [0, 0.1) is 5.92 Å². The lowest BCUT2D eigenvalue weighted by atomic mass is 10.0. The van der Waals surface area contributed by atoms with Crippen molar-refractivity contribution in [3.63, 3.8) is 0 Å². The topological polar surface area (TPSA) is 92.4 Å². The maximum absolute atomic E-state index is 11.8. The Morgan fingerprint density at radius 1 is 1.35 bits per heavy atom. The first-order valence-corrected chi connectivity index (χ1v) is 7.25. The fourth-order valence-electron chi connectivity index (χ4n) is 1.82. The van der Waals surface area contributed by atoms with E-state index in [1.165, 1.54) is 12.1 Å². The number of carbonyl (C=O) groups excluding carboxylic acids is 1. The minimum atomic E-state index is -1.03. The SMILES string of the molecule is CC(CCN)CCC(=O)Nc1cc(Br)cc(C(=O)O)c1. The summed E-state index contributed by atoms with van der Waals surface area (Å²) in [4.78, 5) is 22.7. The van der Waals surface area contributed by atoms with Crippen molar-refractivity contribution in [2.24, 2.45) is 11.7 Å². The van der Waals surface area contributed by atoms with Crippen LogP contribution in [0.3, 0.4) is 0 Å². The number of carbonyl (C=O) groups is 2. The summed E-state index contributed by atoms with van der Waals surface area (Å²) in [5, 5.41) is 11.7. The molecule has 5 nitrogen and oxygen atoms in total. The van der Waals surface area contributed by atoms with Crippen molar-refractivity contribution < 1.29 is 14.7 Å². The second-order valence-electron chi connectivity index (χ2n) is 4.80. The minimum absolute atomic E-state index is 0.122. The van der Waals surface area contributed by atoms with Crippen LogP contribution in [0.2, 0.25) is 0 Å². The van der Waals surface area contributed by atoms with Crippen LogP contribution in [0.1, 0.15) is 36.5 Å². The summed E-state index contributed by atoms with van der Waals surface area (Å²) in [6.45, 7) is 2.68. The predicted octanol–water partition coefficient (Wildman–Crippen LogP) is 2.85. The molecule has 20 heavy (non-hydrogen) atoms. The van der Waals surface area contributed by atoms with E-state index in [1.54, 1.807) is 6.07 Å². The standard InChI is InChI=1S/C14H19BrN2O3/c1-9(4-5-16)2-3-13(18)17-12-7-10(14(19)20)6-11(15)8-12/h6-9H,2-5,16H2,1H3,(H,17,18)(H,19,20). The van der Waals surface area contributed by atoms with Gasteiger partial charge in [-0.2, -0.15) is 0 Å². The lowest BCUT2D eigenvalue weighted by Gasteiger charge is -2.10. The Morgan fingerprint density at radius 2 is 2.05 bits per heavy atom. The van der Waals surface area contributed by atoms with Crippen LogP contribution < -0.4 is 11.1 Å². The van der Waals surface area contributed by atoms with Gasteiger partial charge in [0.25, 0.3) is 0 Å². The molecule has 0 aliphatic heterocycles. The van der Waals surface area contributed by atoms with Crippen molar-refractivity contribution in [2.75, 3.05) is 11.9 Å². The average Bonchev–Trinajstić information content (AvgIpc) is 2.36. The van der Waals surface area contributed by atoms with Gasteiger partial charge in [0.15, 0.2) is 0 Å². The van der Waals surface area contributed by atoms with Gasteiger partial charge in [-0.15, -0.1) is 0 Å². The van der Waals surface area contributed by atoms with E-state index in [-0.39, 0.29) is 11.5 Å². The lowest BCUT2D eigenvalue weighted by molar-refractivity contribution is -0.116. The molecule has 0 saturated heterocycles. The predicted molar refractivity (Wildman–Crippen MR) is 81.8 cm³/mol. The van der Waals surface area contributed by atoms with Gasteiger partial charge in [0.2, 0.25) is 5.91 Å². The zero-order chi connectivity index (χ0) is 15.1. The normalized spacial score (nSPS) is 11.9. The smallest absolute Gasteiger partial charge is 0.335 e. The first-order chi connectivity index (χ1) is 9.42. The number of halogens is 1. The van der Waals surface area contributed by atoms with E-state index in [0.717, 1.165) is 12.8 Å². The Morgan fingerprint density at radius 3 is 2.65 bits per heavy atom. The maximum atomic E-state index is 11.8. The zero-order valence-corrected chi connectivity index (χ0v) is 12.9. The fourth-order valence-corrected chi connectivity index (χ4v) is 2.31. The van der Waals surface area contributed by atoms with Crippen LogP contribution in [-0.2, 0) is 4.79 Å². The van der Waals surface area contributed by atoms with Crippen LogP contribution in [0.25, 0.3) is 0 Å². The monoisotopic (exact) mass is 342 g/mol. The fraction of sp³-hybridized carbons (Fsp3) is 0.429. The average molecular weight is 343 g/mol. The number of anilines is 1. The summed E-state index contributed by atoms with van der Waals surface area (Å²) in [6, 6.07) is 4.60. The number of nitrogens with two attached hydrogens (primary N) is 1. The molecule has 1 unspecified atom stereocenters. The highest BCUT2D eigenvalue weighted by Gasteiger charge is 2.10. The van der Waals surface area contributed by atoms with E-state index in [9.17, 15) is 9.59 Å². The molecule has 0 aromatic heterocycles. The summed E-state index contributed by atoms with van der Waals surface area (Å²) in [5.74, 6) is -0.746. The first-order valence-electron chi connectivity index (χ1n) is 6.46. The number of amides is 1. The van der Waals surface area contributed by atoms with Crippen LogP contribution in [0.5, 0.6) is 0 Å². The molecule has 0 aliphatic rings. The Labute approximate surface area is 126 Å². The van der Waals surface area contributed by atoms with E-state index in [1.807, 2.05) is 0 Å². The Bertz CT molecular complexity index is 491. The van der Waals surface area contributed by atoms with E-state index >= 15 is 0 Å². The third-order valence-corrected chi connectivity index (χ3v) is 3.41. The van der Waals surface area contributed by atoms with E-state index in [2.05, 4.69) is 28.2 Å². The summed E-state index contributed by atoms with van der Waals surface area (Å²) >= 11 is 3.23. The van der Waals surface area contributed by atoms with Gasteiger partial charge < -0.3 is 16.2 Å². The van der Waals surface area contributed by atoms with Crippen molar-refractivity contribution in [1.29, 1.82) is 0 Å². The van der Waals surface area contributed by atoms with Crippen LogP contribution in [0.15, 0.2) is 22.7 Å². The molecule has 0 heterocycles. The summed E-state index contributed by atoms with van der Waals surface area (Å²) < 4.78 is 0.615. The van der Waals surface area contributed by atoms with Crippen molar-refractivity contribution in [1.82, 2.24) is 0 Å². The second-order valence-corrected chi connectivity index (χ2v) is 5.72. The number of benzene rings is 1. The summed E-state index contributed by atoms with van der Waals surface area (Å²) in [6.07, 6.45) is 2.06. The van der Waals surface area contributed by atoms with Crippen LogP contribution in [0.4, 0.5) is 5.69 Å². The molecule has 1 atom stereocenters. The summed E-state index contributed by atoms with van der Waals surface area (Å²) in [5.41, 5.74) is 6.07. The van der Waals surface area contributed by atoms with Gasteiger partial charge in [-0.1, -0.05) is 22.9 Å². The molecule has 0 spiro atoms. The van der Waals surface area contributed by atoms with E-state index < -0.39 is 5.97 Å². The van der Waals surface area contributed by atoms with Gasteiger partial charge in [0, 0.05) is 16.6 Å². The molecule has 0 aliphatic carbocycles. The van der Waals surface area contributed by atoms with Crippen LogP contribution in [-0.4, -0.2) is 23.5 Å². The molecular weight excluding hydrogens is 324 g/mol. The number of hydrogen-bond donors (Lipinski definition) is 3. The largest absolute Gasteiger partial charge is 0.478 e. The number of hydrogen-bond acceptors (Lipinski definition) is 3. The molecule has 0 fully saturated rings. The quantitative estimate of drug-likeness (QED) is 0.710. The summed E-state index contributed by atoms with van der Waals surface area (Å²) in [7, 11) is 0. The highest BCUT2D eigenvalue weighted by Crippen LogP contribution is 2.20. The maximum Gasteiger partial charge on any atom is 0.335 e. The first kappa shape index (κ1) is 16.7. The molecule has 0 saturated carbocycles. The third kappa shape index (κ3) is 5.71. The van der Waals surface area contributed by atoms with E-state index in [4.69, 9.17) is 10.8 Å². The Kier molecular flexibility index (Phi) is 6.67. The number of nitrogens with one attached hydrogen (secondary N) is 1. The van der Waals surface area contributed by atoms with Gasteiger partial charge in [-0.05, 0) is 43.5 Å². The molecule has 4 N–H and O–H groups in total. The number of carboxylic acid groups (broad SMARTS) is 1. The highest BCUT2D eigenvalue weighted by atomic mass is 79.9. The van der Waals surface area contributed by atoms with Gasteiger partial charge >= 0.3 is 5.97 Å². The minimum Gasteiger partial charge on any atom is -0.478 e. The second kappa shape index (κ2) is 8.01. The van der Waals surface area contributed by atoms with Crippen molar-refractivity contribution >= 4 is 33.5 Å². The number of rotatable bonds is 7. The molecule has 1 amide bonds. The highest BCUT2D eigenvalue weighted by molar-refractivity contribution is 9.10. The molecule has 110 valence electrons. The molecule has 0 bridgehead atoms. The van der Waals surface area contributed by atoms with Gasteiger partial charge in [-0.25, -0.2) is 4.79 Å². The van der Waals surface area contributed by atoms with E-state index in [0.29, 0.717) is 29.0 Å². The number of carboxylic acids is 1.